The molecule has 0 fully saturated rings. The largest absolute Gasteiger partial charge is 0.295 e. The maximum absolute atomic E-state index is 12.5. The van der Waals surface area contributed by atoms with Gasteiger partial charge in [0.05, 0.1) is 23.0 Å². The Labute approximate surface area is 156 Å². The second kappa shape index (κ2) is 7.43. The van der Waals surface area contributed by atoms with Crippen LogP contribution < -0.4 is 11.0 Å². The minimum absolute atomic E-state index is 0.238. The van der Waals surface area contributed by atoms with Crippen LogP contribution in [-0.2, 0) is 0 Å². The Hall–Kier alpha value is -2.75. The van der Waals surface area contributed by atoms with Gasteiger partial charge in [0.15, 0.2) is 0 Å². The molecule has 0 bridgehead atoms. The smallest absolute Gasteiger partial charge is 0.280 e. The highest BCUT2D eigenvalue weighted by molar-refractivity contribution is 14.1. The lowest BCUT2D eigenvalue weighted by Gasteiger charge is -2.00. The Balaban J connectivity index is 1.80. The van der Waals surface area contributed by atoms with Crippen molar-refractivity contribution in [3.8, 4) is 5.69 Å². The fourth-order valence-corrected chi connectivity index (χ4v) is 2.56. The van der Waals surface area contributed by atoms with Gasteiger partial charge in [-0.05, 0) is 65.9 Å². The molecule has 1 amide bonds. The van der Waals surface area contributed by atoms with Gasteiger partial charge < -0.3 is 0 Å². The summed E-state index contributed by atoms with van der Waals surface area (Å²) in [6.07, 6.45) is 4.36. The molecule has 0 aliphatic rings. The molecular formula is C17H14IN5O2. The first-order valence-corrected chi connectivity index (χ1v) is 8.45. The highest BCUT2D eigenvalue weighted by atomic mass is 127. The zero-order valence-corrected chi connectivity index (χ0v) is 15.4. The van der Waals surface area contributed by atoms with Crippen LogP contribution in [-0.4, -0.2) is 26.9 Å². The Bertz CT molecular complexity index is 975. The van der Waals surface area contributed by atoms with E-state index in [0.717, 1.165) is 9.26 Å². The lowest BCUT2D eigenvalue weighted by atomic mass is 10.3. The molecule has 0 spiro atoms. The minimum atomic E-state index is -0.393. The van der Waals surface area contributed by atoms with Gasteiger partial charge in [-0.1, -0.05) is 0 Å². The molecule has 8 heteroatoms. The zero-order chi connectivity index (χ0) is 17.8. The van der Waals surface area contributed by atoms with E-state index in [9.17, 15) is 9.59 Å². The Kier molecular flexibility index (Phi) is 5.08. The van der Waals surface area contributed by atoms with Gasteiger partial charge in [0.1, 0.15) is 0 Å². The molecule has 2 aromatic heterocycles. The van der Waals surface area contributed by atoms with Crippen molar-refractivity contribution in [3.63, 3.8) is 0 Å². The fourth-order valence-electron chi connectivity index (χ4n) is 2.20. The Morgan fingerprint density at radius 1 is 1.32 bits per heavy atom. The summed E-state index contributed by atoms with van der Waals surface area (Å²) in [6, 6.07) is 10.8. The molecule has 25 heavy (non-hydrogen) atoms. The van der Waals surface area contributed by atoms with E-state index in [0.29, 0.717) is 16.8 Å². The topological polar surface area (TPSA) is 92.1 Å². The highest BCUT2D eigenvalue weighted by Gasteiger charge is 2.11. The number of amides is 1. The normalized spacial score (nSPS) is 11.0. The van der Waals surface area contributed by atoms with Crippen molar-refractivity contribution in [3.05, 3.63) is 79.5 Å². The molecule has 0 radical (unpaired) electrons. The lowest BCUT2D eigenvalue weighted by molar-refractivity contribution is 0.0955. The van der Waals surface area contributed by atoms with Crippen molar-refractivity contribution in [2.24, 2.45) is 5.10 Å². The fraction of sp³-hybridized carbons (Fsp3) is 0.0588. The molecule has 0 atom stereocenters. The van der Waals surface area contributed by atoms with Crippen molar-refractivity contribution in [2.45, 2.75) is 6.92 Å². The van der Waals surface area contributed by atoms with Crippen molar-refractivity contribution in [1.29, 1.82) is 0 Å². The number of rotatable bonds is 4. The van der Waals surface area contributed by atoms with Crippen LogP contribution in [0.2, 0.25) is 0 Å². The molecule has 126 valence electrons. The molecule has 7 nitrogen and oxygen atoms in total. The van der Waals surface area contributed by atoms with Gasteiger partial charge in [-0.2, -0.15) is 5.10 Å². The van der Waals surface area contributed by atoms with Gasteiger partial charge in [-0.25, -0.2) is 10.1 Å². The number of benzene rings is 1. The number of carbonyl (C=O) groups excluding carboxylic acids is 1. The van der Waals surface area contributed by atoms with E-state index in [-0.39, 0.29) is 5.56 Å². The number of pyridine rings is 1. The molecule has 3 aromatic rings. The summed E-state index contributed by atoms with van der Waals surface area (Å²) in [5.74, 6) is -0.393. The summed E-state index contributed by atoms with van der Waals surface area (Å²) in [4.78, 5) is 28.3. The molecule has 0 aliphatic heterocycles. The van der Waals surface area contributed by atoms with Crippen LogP contribution in [0.15, 0.2) is 58.7 Å². The number of hydrazone groups is 1. The van der Waals surface area contributed by atoms with Gasteiger partial charge in [0.25, 0.3) is 11.5 Å². The minimum Gasteiger partial charge on any atom is -0.295 e. The molecule has 0 unspecified atom stereocenters. The van der Waals surface area contributed by atoms with Crippen LogP contribution in [0.5, 0.6) is 0 Å². The number of hydrogen-bond acceptors (Lipinski definition) is 4. The van der Waals surface area contributed by atoms with E-state index in [1.54, 1.807) is 25.3 Å². The first-order chi connectivity index (χ1) is 12.1. The number of nitrogens with zero attached hydrogens (tertiary/aromatic N) is 3. The van der Waals surface area contributed by atoms with Crippen LogP contribution in [0.3, 0.4) is 0 Å². The van der Waals surface area contributed by atoms with Crippen LogP contribution in [0.25, 0.3) is 5.69 Å². The summed E-state index contributed by atoms with van der Waals surface area (Å²) in [6.45, 7) is 1.77. The summed E-state index contributed by atoms with van der Waals surface area (Å²) < 4.78 is 2.52. The molecule has 0 saturated heterocycles. The summed E-state index contributed by atoms with van der Waals surface area (Å²) in [5.41, 5.74) is 4.30. The maximum atomic E-state index is 12.5. The lowest BCUT2D eigenvalue weighted by Crippen LogP contribution is -2.20. The molecule has 1 aromatic carbocycles. The zero-order valence-electron chi connectivity index (χ0n) is 13.2. The van der Waals surface area contributed by atoms with Gasteiger partial charge >= 0.3 is 0 Å². The predicted octanol–water partition coefficient (Wildman–Crippen LogP) is 2.24. The van der Waals surface area contributed by atoms with Crippen molar-refractivity contribution < 1.29 is 4.79 Å². The maximum Gasteiger partial charge on any atom is 0.280 e. The molecule has 0 aliphatic carbocycles. The molecule has 3 rings (SSSR count). The number of aryl methyl sites for hydroxylation is 1. The summed E-state index contributed by atoms with van der Waals surface area (Å²) >= 11 is 2.20. The van der Waals surface area contributed by atoms with Gasteiger partial charge in [-0.3, -0.25) is 19.7 Å². The van der Waals surface area contributed by atoms with E-state index < -0.39 is 5.91 Å². The molecular weight excluding hydrogens is 433 g/mol. The highest BCUT2D eigenvalue weighted by Crippen LogP contribution is 2.10. The quantitative estimate of drug-likeness (QED) is 0.365. The number of aromatic nitrogens is 3. The predicted molar refractivity (Wildman–Crippen MR) is 103 cm³/mol. The van der Waals surface area contributed by atoms with Crippen LogP contribution in [0, 0.1) is 10.5 Å². The van der Waals surface area contributed by atoms with Gasteiger partial charge in [0.2, 0.25) is 0 Å². The first kappa shape index (κ1) is 17.1. The van der Waals surface area contributed by atoms with E-state index in [1.165, 1.54) is 17.1 Å². The third-order valence-electron chi connectivity index (χ3n) is 3.49. The standard InChI is InChI=1S/C17H14IN5O2/c1-11-15(10-20-21-16(24)12-3-2-8-19-9-12)17(25)23(22-11)14-6-4-13(18)5-7-14/h2-10,22H,1H3,(H,21,24). The Morgan fingerprint density at radius 2 is 2.08 bits per heavy atom. The van der Waals surface area contributed by atoms with E-state index in [4.69, 9.17) is 0 Å². The summed E-state index contributed by atoms with van der Waals surface area (Å²) in [7, 11) is 0. The van der Waals surface area contributed by atoms with Crippen molar-refractivity contribution in [2.75, 3.05) is 0 Å². The second-order valence-electron chi connectivity index (χ2n) is 5.21. The van der Waals surface area contributed by atoms with E-state index in [1.807, 2.05) is 24.3 Å². The number of carbonyl (C=O) groups is 1. The first-order valence-electron chi connectivity index (χ1n) is 7.37. The van der Waals surface area contributed by atoms with E-state index in [2.05, 4.69) is 43.2 Å². The van der Waals surface area contributed by atoms with Crippen LogP contribution >= 0.6 is 22.6 Å². The van der Waals surface area contributed by atoms with Crippen molar-refractivity contribution in [1.82, 2.24) is 20.2 Å². The number of hydrogen-bond donors (Lipinski definition) is 2. The number of halogens is 1. The molecule has 2 N–H and O–H groups in total. The number of H-pyrrole nitrogens is 1. The van der Waals surface area contributed by atoms with Crippen molar-refractivity contribution >= 4 is 34.7 Å². The second-order valence-corrected chi connectivity index (χ2v) is 6.45. The average molecular weight is 447 g/mol. The van der Waals surface area contributed by atoms with Gasteiger partial charge in [-0.15, -0.1) is 0 Å². The number of nitrogens with one attached hydrogen (secondary N) is 2. The number of aromatic amines is 1. The third kappa shape index (κ3) is 3.85. The SMILES string of the molecule is Cc1[nH]n(-c2ccc(I)cc2)c(=O)c1C=NNC(=O)c1cccnc1. The molecule has 0 saturated carbocycles. The van der Waals surface area contributed by atoms with Crippen LogP contribution in [0.1, 0.15) is 21.6 Å². The van der Waals surface area contributed by atoms with Crippen LogP contribution in [0.4, 0.5) is 0 Å². The average Bonchev–Trinajstić information content (AvgIpc) is 2.91. The summed E-state index contributed by atoms with van der Waals surface area (Å²) in [5, 5.41) is 6.88. The van der Waals surface area contributed by atoms with E-state index >= 15 is 0 Å². The molecule has 2 heterocycles. The van der Waals surface area contributed by atoms with Gasteiger partial charge in [0, 0.05) is 21.7 Å². The third-order valence-corrected chi connectivity index (χ3v) is 4.20. The Morgan fingerprint density at radius 3 is 2.76 bits per heavy atom. The monoisotopic (exact) mass is 447 g/mol.